The Kier molecular flexibility index (Phi) is 5.26. The van der Waals surface area contributed by atoms with Gasteiger partial charge in [-0.1, -0.05) is 24.8 Å². The molecule has 0 fully saturated rings. The number of ether oxygens (including phenoxy) is 1. The van der Waals surface area contributed by atoms with Gasteiger partial charge in [-0.15, -0.1) is 10.2 Å². The van der Waals surface area contributed by atoms with Crippen LogP contribution in [0.5, 0.6) is 5.75 Å². The van der Waals surface area contributed by atoms with E-state index in [-0.39, 0.29) is 11.7 Å². The number of hydrogen-bond acceptors (Lipinski definition) is 6. The number of carbonyl (C=O) groups excluding carboxylic acids is 1. The summed E-state index contributed by atoms with van der Waals surface area (Å²) in [6, 6.07) is 5.61. The van der Waals surface area contributed by atoms with E-state index < -0.39 is 0 Å². The fraction of sp³-hybridized carbons (Fsp3) is 0.357. The standard InChI is InChI=1S/C14H19N5O2S/c1-4-12-17-18-14(19(12)15)22-8-13(20)16-10-7-9(2)5-6-11(10)21-3/h5-7H,4,8,15H2,1-3H3,(H,16,20). The first-order chi connectivity index (χ1) is 10.5. The minimum Gasteiger partial charge on any atom is -0.495 e. The van der Waals surface area contributed by atoms with Crippen molar-refractivity contribution in [3.05, 3.63) is 29.6 Å². The normalized spacial score (nSPS) is 10.5. The number of nitrogens with one attached hydrogen (secondary N) is 1. The summed E-state index contributed by atoms with van der Waals surface area (Å²) in [5, 5.41) is 11.3. The van der Waals surface area contributed by atoms with Gasteiger partial charge in [-0.25, -0.2) is 4.68 Å². The van der Waals surface area contributed by atoms with Crippen molar-refractivity contribution in [2.75, 3.05) is 24.0 Å². The quantitative estimate of drug-likeness (QED) is 0.620. The highest BCUT2D eigenvalue weighted by molar-refractivity contribution is 7.99. The molecule has 0 aliphatic carbocycles. The van der Waals surface area contributed by atoms with E-state index in [0.717, 1.165) is 5.56 Å². The molecule has 1 heterocycles. The smallest absolute Gasteiger partial charge is 0.234 e. The average molecular weight is 321 g/mol. The van der Waals surface area contributed by atoms with Gasteiger partial charge in [0.05, 0.1) is 18.6 Å². The molecule has 0 unspecified atom stereocenters. The molecule has 7 nitrogen and oxygen atoms in total. The third kappa shape index (κ3) is 3.70. The summed E-state index contributed by atoms with van der Waals surface area (Å²) in [6.07, 6.45) is 0.691. The summed E-state index contributed by atoms with van der Waals surface area (Å²) in [5.41, 5.74) is 1.69. The van der Waals surface area contributed by atoms with Crippen LogP contribution in [0.4, 0.5) is 5.69 Å². The highest BCUT2D eigenvalue weighted by Crippen LogP contribution is 2.25. The Bertz CT molecular complexity index is 671. The van der Waals surface area contributed by atoms with Gasteiger partial charge in [0.1, 0.15) is 5.75 Å². The maximum atomic E-state index is 12.1. The summed E-state index contributed by atoms with van der Waals surface area (Å²) in [7, 11) is 1.57. The van der Waals surface area contributed by atoms with Gasteiger partial charge in [-0.2, -0.15) is 0 Å². The zero-order valence-corrected chi connectivity index (χ0v) is 13.6. The van der Waals surface area contributed by atoms with Crippen molar-refractivity contribution in [1.29, 1.82) is 0 Å². The number of rotatable bonds is 6. The van der Waals surface area contributed by atoms with Gasteiger partial charge in [0.25, 0.3) is 0 Å². The Hall–Kier alpha value is -2.22. The Balaban J connectivity index is 1.98. The van der Waals surface area contributed by atoms with Crippen molar-refractivity contribution in [1.82, 2.24) is 14.9 Å². The van der Waals surface area contributed by atoms with E-state index >= 15 is 0 Å². The van der Waals surface area contributed by atoms with Gasteiger partial charge in [-0.05, 0) is 24.6 Å². The largest absolute Gasteiger partial charge is 0.495 e. The van der Waals surface area contributed by atoms with Crippen molar-refractivity contribution in [3.8, 4) is 5.75 Å². The lowest BCUT2D eigenvalue weighted by molar-refractivity contribution is -0.113. The molecule has 22 heavy (non-hydrogen) atoms. The topological polar surface area (TPSA) is 95.1 Å². The predicted octanol–water partition coefficient (Wildman–Crippen LogP) is 1.60. The highest BCUT2D eigenvalue weighted by atomic mass is 32.2. The fourth-order valence-electron chi connectivity index (χ4n) is 1.88. The predicted molar refractivity (Wildman–Crippen MR) is 86.6 cm³/mol. The molecule has 2 aromatic rings. The van der Waals surface area contributed by atoms with Crippen LogP contribution in [-0.2, 0) is 11.2 Å². The van der Waals surface area contributed by atoms with Crippen LogP contribution in [0.2, 0.25) is 0 Å². The minimum absolute atomic E-state index is 0.157. The van der Waals surface area contributed by atoms with Crippen LogP contribution in [0.15, 0.2) is 23.4 Å². The van der Waals surface area contributed by atoms with E-state index in [4.69, 9.17) is 10.6 Å². The number of aromatic nitrogens is 3. The van der Waals surface area contributed by atoms with Crippen LogP contribution in [0.1, 0.15) is 18.3 Å². The molecule has 118 valence electrons. The van der Waals surface area contributed by atoms with Crippen molar-refractivity contribution < 1.29 is 9.53 Å². The number of thioether (sulfide) groups is 1. The van der Waals surface area contributed by atoms with E-state index in [2.05, 4.69) is 15.5 Å². The fourth-order valence-corrected chi connectivity index (χ4v) is 2.56. The molecule has 1 amide bonds. The minimum atomic E-state index is -0.157. The molecule has 1 aromatic carbocycles. The van der Waals surface area contributed by atoms with E-state index in [1.165, 1.54) is 16.4 Å². The molecule has 3 N–H and O–H groups in total. The monoisotopic (exact) mass is 321 g/mol. The summed E-state index contributed by atoms with van der Waals surface area (Å²) >= 11 is 1.24. The van der Waals surface area contributed by atoms with Gasteiger partial charge < -0.3 is 15.9 Å². The molecule has 0 saturated carbocycles. The lowest BCUT2D eigenvalue weighted by atomic mass is 10.2. The third-order valence-corrected chi connectivity index (χ3v) is 3.96. The first-order valence-corrected chi connectivity index (χ1v) is 7.80. The number of anilines is 1. The number of nitrogens with two attached hydrogens (primary N) is 1. The molecule has 0 saturated heterocycles. The van der Waals surface area contributed by atoms with E-state index in [1.54, 1.807) is 7.11 Å². The number of carbonyl (C=O) groups is 1. The third-order valence-electron chi connectivity index (χ3n) is 3.01. The maximum absolute atomic E-state index is 12.1. The Morgan fingerprint density at radius 1 is 1.45 bits per heavy atom. The van der Waals surface area contributed by atoms with Crippen LogP contribution in [-0.4, -0.2) is 33.6 Å². The molecular weight excluding hydrogens is 302 g/mol. The number of nitrogens with zero attached hydrogens (tertiary/aromatic N) is 3. The first-order valence-electron chi connectivity index (χ1n) is 6.81. The zero-order valence-electron chi connectivity index (χ0n) is 12.8. The molecule has 2 rings (SSSR count). The van der Waals surface area contributed by atoms with Crippen molar-refractivity contribution >= 4 is 23.4 Å². The first kappa shape index (κ1) is 16.2. The number of amides is 1. The Labute approximate surface area is 133 Å². The maximum Gasteiger partial charge on any atom is 0.234 e. The Morgan fingerprint density at radius 2 is 2.23 bits per heavy atom. The molecule has 1 aromatic heterocycles. The molecule has 0 aliphatic rings. The van der Waals surface area contributed by atoms with Crippen molar-refractivity contribution in [2.45, 2.75) is 25.4 Å². The lowest BCUT2D eigenvalue weighted by Crippen LogP contribution is -2.17. The van der Waals surface area contributed by atoms with Crippen molar-refractivity contribution in [3.63, 3.8) is 0 Å². The van der Waals surface area contributed by atoms with Gasteiger partial charge in [0.2, 0.25) is 11.1 Å². The lowest BCUT2D eigenvalue weighted by Gasteiger charge is -2.10. The SMILES string of the molecule is CCc1nnc(SCC(=O)Nc2cc(C)ccc2OC)n1N. The molecule has 0 bridgehead atoms. The second-order valence-electron chi connectivity index (χ2n) is 4.66. The molecular formula is C14H19N5O2S. The number of hydrogen-bond donors (Lipinski definition) is 2. The van der Waals surface area contributed by atoms with E-state index in [9.17, 15) is 4.79 Å². The molecule has 0 atom stereocenters. The zero-order chi connectivity index (χ0) is 16.1. The second-order valence-corrected chi connectivity index (χ2v) is 5.61. The van der Waals surface area contributed by atoms with Crippen LogP contribution in [0, 0.1) is 6.92 Å². The summed E-state index contributed by atoms with van der Waals surface area (Å²) < 4.78 is 6.64. The van der Waals surface area contributed by atoms with E-state index in [0.29, 0.717) is 28.8 Å². The summed E-state index contributed by atoms with van der Waals surface area (Å²) in [4.78, 5) is 12.1. The number of nitrogen functional groups attached to an aromatic ring is 1. The van der Waals surface area contributed by atoms with Crippen LogP contribution in [0.3, 0.4) is 0 Å². The molecule has 8 heteroatoms. The van der Waals surface area contributed by atoms with Crippen LogP contribution < -0.4 is 15.9 Å². The number of methoxy groups -OCH3 is 1. The van der Waals surface area contributed by atoms with Gasteiger partial charge in [0.15, 0.2) is 5.82 Å². The molecule has 0 spiro atoms. The number of aryl methyl sites for hydroxylation is 2. The summed E-state index contributed by atoms with van der Waals surface area (Å²) in [5.74, 6) is 7.18. The van der Waals surface area contributed by atoms with Gasteiger partial charge in [-0.3, -0.25) is 4.79 Å². The van der Waals surface area contributed by atoms with Crippen LogP contribution >= 0.6 is 11.8 Å². The highest BCUT2D eigenvalue weighted by Gasteiger charge is 2.12. The molecule has 0 aliphatic heterocycles. The average Bonchev–Trinajstić information content (AvgIpc) is 2.85. The number of benzene rings is 1. The van der Waals surface area contributed by atoms with Gasteiger partial charge >= 0.3 is 0 Å². The molecule has 0 radical (unpaired) electrons. The summed E-state index contributed by atoms with van der Waals surface area (Å²) in [6.45, 7) is 3.89. The van der Waals surface area contributed by atoms with E-state index in [1.807, 2.05) is 32.0 Å². The van der Waals surface area contributed by atoms with Crippen molar-refractivity contribution in [2.24, 2.45) is 0 Å². The second kappa shape index (κ2) is 7.17. The van der Waals surface area contributed by atoms with Crippen LogP contribution in [0.25, 0.3) is 0 Å². The van der Waals surface area contributed by atoms with Gasteiger partial charge in [0, 0.05) is 6.42 Å². The Morgan fingerprint density at radius 3 is 2.86 bits per heavy atom.